The van der Waals surface area contributed by atoms with Crippen LogP contribution in [0.2, 0.25) is 0 Å². The average molecular weight is 348 g/mol. The Morgan fingerprint density at radius 3 is 2.72 bits per heavy atom. The molecule has 1 amide bonds. The first-order chi connectivity index (χ1) is 12.1. The quantitative estimate of drug-likeness (QED) is 0.830. The van der Waals surface area contributed by atoms with Crippen molar-refractivity contribution in [3.05, 3.63) is 23.5 Å². The lowest BCUT2D eigenvalue weighted by Gasteiger charge is -2.26. The zero-order chi connectivity index (χ0) is 17.8. The summed E-state index contributed by atoms with van der Waals surface area (Å²) in [6.45, 7) is 9.07. The first-order valence-electron chi connectivity index (χ1n) is 9.59. The SMILES string of the molecule is CCc1ccc(C(=O)N2C[C@@H](CN3CCCN(C)CC3)[C@@H](CO)C2)[nH]1. The molecule has 6 nitrogen and oxygen atoms in total. The van der Waals surface area contributed by atoms with Crippen molar-refractivity contribution >= 4 is 5.91 Å². The molecular formula is C19H32N4O2. The predicted octanol–water partition coefficient (Wildman–Crippen LogP) is 0.895. The third kappa shape index (κ3) is 4.43. The number of aromatic amines is 1. The third-order valence-electron chi connectivity index (χ3n) is 5.76. The van der Waals surface area contributed by atoms with Crippen molar-refractivity contribution < 1.29 is 9.90 Å². The first-order valence-corrected chi connectivity index (χ1v) is 9.59. The highest BCUT2D eigenvalue weighted by atomic mass is 16.3. The Bertz CT molecular complexity index is 574. The fraction of sp³-hybridized carbons (Fsp3) is 0.737. The predicted molar refractivity (Wildman–Crippen MR) is 98.7 cm³/mol. The Morgan fingerprint density at radius 1 is 1.20 bits per heavy atom. The highest BCUT2D eigenvalue weighted by Gasteiger charge is 2.36. The summed E-state index contributed by atoms with van der Waals surface area (Å²) in [5.41, 5.74) is 1.76. The van der Waals surface area contributed by atoms with Crippen LogP contribution >= 0.6 is 0 Å². The van der Waals surface area contributed by atoms with Gasteiger partial charge in [0.1, 0.15) is 5.69 Å². The van der Waals surface area contributed by atoms with E-state index in [0.29, 0.717) is 18.2 Å². The van der Waals surface area contributed by atoms with E-state index in [9.17, 15) is 9.90 Å². The van der Waals surface area contributed by atoms with Gasteiger partial charge in [0, 0.05) is 50.9 Å². The van der Waals surface area contributed by atoms with Gasteiger partial charge in [-0.15, -0.1) is 0 Å². The number of amides is 1. The summed E-state index contributed by atoms with van der Waals surface area (Å²) in [4.78, 5) is 22.8. The number of H-pyrrole nitrogens is 1. The topological polar surface area (TPSA) is 62.8 Å². The summed E-state index contributed by atoms with van der Waals surface area (Å²) in [5, 5.41) is 9.80. The number of likely N-dealkylation sites (tertiary alicyclic amines) is 1. The van der Waals surface area contributed by atoms with Crippen LogP contribution in [0.4, 0.5) is 0 Å². The second-order valence-electron chi connectivity index (χ2n) is 7.62. The number of likely N-dealkylation sites (N-methyl/N-ethyl adjacent to an activating group) is 1. The number of aromatic nitrogens is 1. The van der Waals surface area contributed by atoms with Gasteiger partial charge in [0.2, 0.25) is 0 Å². The van der Waals surface area contributed by atoms with Gasteiger partial charge >= 0.3 is 0 Å². The van der Waals surface area contributed by atoms with E-state index >= 15 is 0 Å². The van der Waals surface area contributed by atoms with Gasteiger partial charge in [-0.25, -0.2) is 0 Å². The molecule has 3 heterocycles. The van der Waals surface area contributed by atoms with Crippen LogP contribution in [0.5, 0.6) is 0 Å². The van der Waals surface area contributed by atoms with Gasteiger partial charge in [0.25, 0.3) is 5.91 Å². The molecule has 0 spiro atoms. The molecule has 25 heavy (non-hydrogen) atoms. The summed E-state index contributed by atoms with van der Waals surface area (Å²) in [6, 6.07) is 3.87. The second kappa shape index (κ2) is 8.34. The number of nitrogens with one attached hydrogen (secondary N) is 1. The zero-order valence-corrected chi connectivity index (χ0v) is 15.6. The fourth-order valence-corrected chi connectivity index (χ4v) is 4.07. The van der Waals surface area contributed by atoms with Gasteiger partial charge < -0.3 is 24.8 Å². The highest BCUT2D eigenvalue weighted by Crippen LogP contribution is 2.26. The van der Waals surface area contributed by atoms with Crippen LogP contribution in [-0.4, -0.2) is 90.2 Å². The fourth-order valence-electron chi connectivity index (χ4n) is 4.07. The molecule has 3 rings (SSSR count). The molecular weight excluding hydrogens is 316 g/mol. The maximum Gasteiger partial charge on any atom is 0.270 e. The Labute approximate surface area is 150 Å². The van der Waals surface area contributed by atoms with Crippen molar-refractivity contribution in [3.8, 4) is 0 Å². The highest BCUT2D eigenvalue weighted by molar-refractivity contribution is 5.92. The van der Waals surface area contributed by atoms with Crippen molar-refractivity contribution in [2.45, 2.75) is 19.8 Å². The monoisotopic (exact) mass is 348 g/mol. The number of nitrogens with zero attached hydrogens (tertiary/aromatic N) is 3. The molecule has 1 aromatic rings. The van der Waals surface area contributed by atoms with Crippen LogP contribution in [0.15, 0.2) is 12.1 Å². The number of carbonyl (C=O) groups is 1. The summed E-state index contributed by atoms with van der Waals surface area (Å²) >= 11 is 0. The molecule has 2 aliphatic rings. The van der Waals surface area contributed by atoms with Crippen LogP contribution < -0.4 is 0 Å². The number of aryl methyl sites for hydroxylation is 1. The average Bonchev–Trinajstić information content (AvgIpc) is 3.20. The van der Waals surface area contributed by atoms with E-state index in [4.69, 9.17) is 0 Å². The largest absolute Gasteiger partial charge is 0.396 e. The van der Waals surface area contributed by atoms with E-state index in [1.807, 2.05) is 17.0 Å². The molecule has 2 aliphatic heterocycles. The number of hydrogen-bond donors (Lipinski definition) is 2. The minimum atomic E-state index is 0.0660. The lowest BCUT2D eigenvalue weighted by Crippen LogP contribution is -2.36. The number of hydrogen-bond acceptors (Lipinski definition) is 4. The Morgan fingerprint density at radius 2 is 2.00 bits per heavy atom. The van der Waals surface area contributed by atoms with Crippen molar-refractivity contribution in [1.29, 1.82) is 0 Å². The van der Waals surface area contributed by atoms with E-state index < -0.39 is 0 Å². The van der Waals surface area contributed by atoms with Crippen LogP contribution in [0.1, 0.15) is 29.5 Å². The van der Waals surface area contributed by atoms with Crippen molar-refractivity contribution in [1.82, 2.24) is 19.7 Å². The number of aliphatic hydroxyl groups is 1. The second-order valence-corrected chi connectivity index (χ2v) is 7.62. The molecule has 140 valence electrons. The van der Waals surface area contributed by atoms with Crippen molar-refractivity contribution in [2.75, 3.05) is 59.5 Å². The summed E-state index contributed by atoms with van der Waals surface area (Å²) < 4.78 is 0. The smallest absolute Gasteiger partial charge is 0.270 e. The van der Waals surface area contributed by atoms with E-state index in [-0.39, 0.29) is 18.4 Å². The van der Waals surface area contributed by atoms with Crippen LogP contribution in [0.25, 0.3) is 0 Å². The molecule has 0 unspecified atom stereocenters. The van der Waals surface area contributed by atoms with Gasteiger partial charge in [-0.2, -0.15) is 0 Å². The van der Waals surface area contributed by atoms with Gasteiger partial charge in [-0.1, -0.05) is 6.92 Å². The van der Waals surface area contributed by atoms with E-state index in [0.717, 1.165) is 51.4 Å². The van der Waals surface area contributed by atoms with E-state index in [1.54, 1.807) is 0 Å². The normalized spacial score (nSPS) is 26.1. The molecule has 2 atom stereocenters. The molecule has 0 bridgehead atoms. The van der Waals surface area contributed by atoms with Crippen molar-refractivity contribution in [2.24, 2.45) is 11.8 Å². The Hall–Kier alpha value is -1.37. The number of rotatable bonds is 5. The van der Waals surface area contributed by atoms with E-state index in [1.165, 1.54) is 6.42 Å². The van der Waals surface area contributed by atoms with Gasteiger partial charge in [0.05, 0.1) is 0 Å². The lowest BCUT2D eigenvalue weighted by atomic mass is 9.96. The molecule has 1 aromatic heterocycles. The molecule has 0 aliphatic carbocycles. The van der Waals surface area contributed by atoms with Gasteiger partial charge in [0.15, 0.2) is 0 Å². The van der Waals surface area contributed by atoms with Gasteiger partial charge in [-0.3, -0.25) is 4.79 Å². The lowest BCUT2D eigenvalue weighted by molar-refractivity contribution is 0.0773. The molecule has 0 radical (unpaired) electrons. The maximum absolute atomic E-state index is 12.8. The molecule has 2 fully saturated rings. The molecule has 6 heteroatoms. The first kappa shape index (κ1) is 18.4. The third-order valence-corrected chi connectivity index (χ3v) is 5.76. The van der Waals surface area contributed by atoms with Crippen molar-refractivity contribution in [3.63, 3.8) is 0 Å². The maximum atomic E-state index is 12.8. The van der Waals surface area contributed by atoms with Gasteiger partial charge in [-0.05, 0) is 51.0 Å². The molecule has 0 aromatic carbocycles. The molecule has 2 N–H and O–H groups in total. The Kier molecular flexibility index (Phi) is 6.15. The minimum absolute atomic E-state index is 0.0660. The minimum Gasteiger partial charge on any atom is -0.396 e. The standard InChI is InChI=1S/C19H32N4O2/c1-3-17-5-6-18(20-17)19(25)23-12-15(16(13-23)14-24)11-22-8-4-7-21(2)9-10-22/h5-6,15-16,20,24H,3-4,7-14H2,1-2H3/t15-,16-/m1/s1. The van der Waals surface area contributed by atoms with E-state index in [2.05, 4.69) is 28.8 Å². The summed E-state index contributed by atoms with van der Waals surface area (Å²) in [7, 11) is 2.18. The number of aliphatic hydroxyl groups excluding tert-OH is 1. The van der Waals surface area contributed by atoms with Crippen LogP contribution in [-0.2, 0) is 6.42 Å². The molecule has 0 saturated carbocycles. The summed E-state index contributed by atoms with van der Waals surface area (Å²) in [5.74, 6) is 0.611. The van der Waals surface area contributed by atoms with Crippen LogP contribution in [0.3, 0.4) is 0 Å². The van der Waals surface area contributed by atoms with Crippen LogP contribution in [0, 0.1) is 11.8 Å². The Balaban J connectivity index is 1.60. The summed E-state index contributed by atoms with van der Waals surface area (Å²) in [6.07, 6.45) is 2.09. The number of carbonyl (C=O) groups excluding carboxylic acids is 1. The zero-order valence-electron chi connectivity index (χ0n) is 15.6. The molecule has 2 saturated heterocycles.